The third-order valence-electron chi connectivity index (χ3n) is 7.59. The molecule has 1 aromatic heterocycles. The van der Waals surface area contributed by atoms with Crippen molar-refractivity contribution in [3.05, 3.63) is 57.8 Å². The van der Waals surface area contributed by atoms with Crippen LogP contribution in [0.15, 0.2) is 41.8 Å². The molecule has 3 heterocycles. The topological polar surface area (TPSA) is 52.7 Å². The summed E-state index contributed by atoms with van der Waals surface area (Å²) in [4.78, 5) is 31.0. The highest BCUT2D eigenvalue weighted by Crippen LogP contribution is 2.31. The molecule has 2 amide bonds. The Hall–Kier alpha value is -2.18. The molecule has 0 radical (unpaired) electrons. The number of piperidine rings is 2. The van der Waals surface area contributed by atoms with Gasteiger partial charge in [0.1, 0.15) is 0 Å². The van der Waals surface area contributed by atoms with Crippen molar-refractivity contribution in [2.24, 2.45) is 5.92 Å². The number of thiophene rings is 1. The number of aryl methyl sites for hydroxylation is 1. The molecule has 5 rings (SSSR count). The number of hydrogen-bond donors (Lipinski definition) is 1. The lowest BCUT2D eigenvalue weighted by Crippen LogP contribution is -2.50. The summed E-state index contributed by atoms with van der Waals surface area (Å²) in [6.45, 7) is 3.65. The summed E-state index contributed by atoms with van der Waals surface area (Å²) in [6, 6.07) is 13.1. The summed E-state index contributed by atoms with van der Waals surface area (Å²) >= 11 is 1.53. The van der Waals surface area contributed by atoms with Gasteiger partial charge in [-0.25, -0.2) is 0 Å². The van der Waals surface area contributed by atoms with Gasteiger partial charge in [0.25, 0.3) is 5.91 Å². The standard InChI is InChI=1S/C26H33N3O2S/c30-25(27-23-8-3-6-19-5-1-2-7-22(19)23)20-10-14-28(15-11-20)21-12-16-29(17-13-21)26(31)24-9-4-18-32-24/h1-2,4-5,7,9,18,20-21,23H,3,6,8,10-17H2,(H,27,30). The maximum Gasteiger partial charge on any atom is 0.263 e. The Labute approximate surface area is 194 Å². The second-order valence-corrected chi connectivity index (χ2v) is 10.4. The number of amides is 2. The predicted octanol–water partition coefficient (Wildman–Crippen LogP) is 4.26. The van der Waals surface area contributed by atoms with Crippen LogP contribution in [0.3, 0.4) is 0 Å². The number of hydrogen-bond acceptors (Lipinski definition) is 4. The summed E-state index contributed by atoms with van der Waals surface area (Å²) in [5.74, 6) is 0.543. The van der Waals surface area contributed by atoms with Gasteiger partial charge in [0, 0.05) is 25.0 Å². The van der Waals surface area contributed by atoms with Crippen LogP contribution in [0.25, 0.3) is 0 Å². The number of carbonyl (C=O) groups excluding carboxylic acids is 2. The lowest BCUT2D eigenvalue weighted by Gasteiger charge is -2.41. The average Bonchev–Trinajstić information content (AvgIpc) is 3.39. The lowest BCUT2D eigenvalue weighted by atomic mass is 9.86. The van der Waals surface area contributed by atoms with Crippen molar-refractivity contribution in [3.63, 3.8) is 0 Å². The van der Waals surface area contributed by atoms with Crippen LogP contribution in [0, 0.1) is 5.92 Å². The highest BCUT2D eigenvalue weighted by molar-refractivity contribution is 7.12. The van der Waals surface area contributed by atoms with Crippen LogP contribution < -0.4 is 5.32 Å². The molecule has 1 atom stereocenters. The second-order valence-electron chi connectivity index (χ2n) is 9.46. The van der Waals surface area contributed by atoms with Gasteiger partial charge >= 0.3 is 0 Å². The van der Waals surface area contributed by atoms with Crippen LogP contribution in [-0.4, -0.2) is 53.8 Å². The quantitative estimate of drug-likeness (QED) is 0.756. The zero-order valence-corrected chi connectivity index (χ0v) is 19.5. The Morgan fingerprint density at radius 3 is 2.44 bits per heavy atom. The first kappa shape index (κ1) is 21.7. The minimum Gasteiger partial charge on any atom is -0.349 e. The molecule has 3 aliphatic rings. The first-order valence-electron chi connectivity index (χ1n) is 12.1. The van der Waals surface area contributed by atoms with E-state index in [-0.39, 0.29) is 23.8 Å². The number of rotatable bonds is 4. The molecule has 170 valence electrons. The largest absolute Gasteiger partial charge is 0.349 e. The zero-order valence-electron chi connectivity index (χ0n) is 18.7. The Kier molecular flexibility index (Phi) is 6.60. The van der Waals surface area contributed by atoms with Gasteiger partial charge in [0.05, 0.1) is 10.9 Å². The second kappa shape index (κ2) is 9.75. The van der Waals surface area contributed by atoms with Crippen molar-refractivity contribution in [1.29, 1.82) is 0 Å². The molecule has 1 aliphatic carbocycles. The van der Waals surface area contributed by atoms with Crippen LogP contribution in [0.4, 0.5) is 0 Å². The van der Waals surface area contributed by atoms with E-state index in [1.165, 1.54) is 22.5 Å². The predicted molar refractivity (Wildman–Crippen MR) is 128 cm³/mol. The normalized spacial score (nSPS) is 23.0. The van der Waals surface area contributed by atoms with Crippen molar-refractivity contribution in [1.82, 2.24) is 15.1 Å². The van der Waals surface area contributed by atoms with Gasteiger partial charge in [0.15, 0.2) is 0 Å². The Morgan fingerprint density at radius 2 is 1.69 bits per heavy atom. The summed E-state index contributed by atoms with van der Waals surface area (Å²) < 4.78 is 0. The molecule has 2 aliphatic heterocycles. The number of nitrogens with one attached hydrogen (secondary N) is 1. The van der Waals surface area contributed by atoms with Crippen LogP contribution >= 0.6 is 11.3 Å². The third-order valence-corrected chi connectivity index (χ3v) is 8.44. The fourth-order valence-corrected chi connectivity index (χ4v) is 6.40. The maximum absolute atomic E-state index is 13.0. The third kappa shape index (κ3) is 4.62. The minimum atomic E-state index is 0.126. The van der Waals surface area contributed by atoms with Gasteiger partial charge in [0.2, 0.25) is 5.91 Å². The van der Waals surface area contributed by atoms with Crippen molar-refractivity contribution in [2.75, 3.05) is 26.2 Å². The molecule has 32 heavy (non-hydrogen) atoms. The number of fused-ring (bicyclic) bond motifs is 1. The van der Waals surface area contributed by atoms with E-state index in [4.69, 9.17) is 0 Å². The zero-order chi connectivity index (χ0) is 21.9. The van der Waals surface area contributed by atoms with E-state index in [2.05, 4.69) is 34.5 Å². The van der Waals surface area contributed by atoms with E-state index < -0.39 is 0 Å². The number of nitrogens with zero attached hydrogens (tertiary/aromatic N) is 2. The number of likely N-dealkylation sites (tertiary alicyclic amines) is 2. The van der Waals surface area contributed by atoms with E-state index in [0.717, 1.165) is 76.0 Å². The van der Waals surface area contributed by atoms with Crippen LogP contribution in [0.5, 0.6) is 0 Å². The molecule has 1 N–H and O–H groups in total. The first-order valence-corrected chi connectivity index (χ1v) is 13.0. The van der Waals surface area contributed by atoms with Crippen molar-refractivity contribution in [2.45, 2.75) is 57.0 Å². The summed E-state index contributed by atoms with van der Waals surface area (Å²) in [5.41, 5.74) is 2.70. The number of benzene rings is 1. The number of carbonyl (C=O) groups is 2. The van der Waals surface area contributed by atoms with E-state index >= 15 is 0 Å². The molecule has 0 saturated carbocycles. The molecular formula is C26H33N3O2S. The fourth-order valence-electron chi connectivity index (χ4n) is 5.71. The fraction of sp³-hybridized carbons (Fsp3) is 0.538. The molecule has 1 aromatic carbocycles. The van der Waals surface area contributed by atoms with Gasteiger partial charge in [-0.05, 0) is 80.6 Å². The molecule has 5 nitrogen and oxygen atoms in total. The van der Waals surface area contributed by atoms with Gasteiger partial charge in [-0.2, -0.15) is 0 Å². The van der Waals surface area contributed by atoms with Gasteiger partial charge < -0.3 is 15.1 Å². The van der Waals surface area contributed by atoms with Crippen LogP contribution in [0.2, 0.25) is 0 Å². The summed E-state index contributed by atoms with van der Waals surface area (Å²) in [7, 11) is 0. The smallest absolute Gasteiger partial charge is 0.263 e. The van der Waals surface area contributed by atoms with Gasteiger partial charge in [-0.3, -0.25) is 9.59 Å². The van der Waals surface area contributed by atoms with E-state index in [1.807, 2.05) is 22.4 Å². The highest BCUT2D eigenvalue weighted by Gasteiger charge is 2.33. The minimum absolute atomic E-state index is 0.126. The van der Waals surface area contributed by atoms with Crippen molar-refractivity contribution < 1.29 is 9.59 Å². The molecule has 2 aromatic rings. The molecule has 0 spiro atoms. The van der Waals surface area contributed by atoms with Gasteiger partial charge in [-0.15, -0.1) is 11.3 Å². The molecule has 2 saturated heterocycles. The highest BCUT2D eigenvalue weighted by atomic mass is 32.1. The molecular weight excluding hydrogens is 418 g/mol. The Balaban J connectivity index is 1.09. The molecule has 6 heteroatoms. The Morgan fingerprint density at radius 1 is 0.906 bits per heavy atom. The average molecular weight is 452 g/mol. The van der Waals surface area contributed by atoms with E-state index in [0.29, 0.717) is 6.04 Å². The first-order chi connectivity index (χ1) is 15.7. The van der Waals surface area contributed by atoms with Crippen molar-refractivity contribution >= 4 is 23.2 Å². The summed E-state index contributed by atoms with van der Waals surface area (Å²) in [5, 5.41) is 5.34. The molecule has 2 fully saturated rings. The summed E-state index contributed by atoms with van der Waals surface area (Å²) in [6.07, 6.45) is 7.26. The lowest BCUT2D eigenvalue weighted by molar-refractivity contribution is -0.127. The molecule has 0 bridgehead atoms. The van der Waals surface area contributed by atoms with E-state index in [1.54, 1.807) is 0 Å². The molecule has 1 unspecified atom stereocenters. The Bertz CT molecular complexity index is 928. The van der Waals surface area contributed by atoms with Crippen LogP contribution in [0.1, 0.15) is 65.4 Å². The SMILES string of the molecule is O=C(NC1CCCc2ccccc21)C1CCN(C2CCN(C(=O)c3cccs3)CC2)CC1. The monoisotopic (exact) mass is 451 g/mol. The van der Waals surface area contributed by atoms with Gasteiger partial charge in [-0.1, -0.05) is 30.3 Å². The van der Waals surface area contributed by atoms with E-state index in [9.17, 15) is 9.59 Å². The van der Waals surface area contributed by atoms with Crippen molar-refractivity contribution in [3.8, 4) is 0 Å². The van der Waals surface area contributed by atoms with Crippen LogP contribution in [-0.2, 0) is 11.2 Å². The maximum atomic E-state index is 13.0.